The zero-order chi connectivity index (χ0) is 15.2. The fraction of sp³-hybridized carbons (Fsp3) is 0. The molecule has 0 bridgehead atoms. The standard InChI is InChI=1S/C18H10N4S/c1-2-5-12-11(4-1)7-9-20-15(12)13-10-21-17-16-14(6-3-8-19-16)23-18(17)22-13/h1-10H. The minimum absolute atomic E-state index is 0.792. The van der Waals surface area contributed by atoms with Gasteiger partial charge < -0.3 is 0 Å². The first-order valence-corrected chi connectivity index (χ1v) is 8.06. The molecule has 0 atom stereocenters. The minimum Gasteiger partial charge on any atom is -0.254 e. The lowest BCUT2D eigenvalue weighted by atomic mass is 10.1. The van der Waals surface area contributed by atoms with Gasteiger partial charge >= 0.3 is 0 Å². The molecular formula is C18H10N4S. The van der Waals surface area contributed by atoms with Crippen molar-refractivity contribution in [3.8, 4) is 11.4 Å². The van der Waals surface area contributed by atoms with Gasteiger partial charge in [0.05, 0.1) is 16.6 Å². The van der Waals surface area contributed by atoms with E-state index in [9.17, 15) is 0 Å². The topological polar surface area (TPSA) is 51.6 Å². The number of thiophene rings is 1. The molecule has 0 aliphatic rings. The van der Waals surface area contributed by atoms with Crippen molar-refractivity contribution < 1.29 is 0 Å². The molecule has 4 aromatic heterocycles. The third-order valence-corrected chi connectivity index (χ3v) is 4.89. The maximum atomic E-state index is 4.79. The Kier molecular flexibility index (Phi) is 2.63. The average molecular weight is 314 g/mol. The smallest absolute Gasteiger partial charge is 0.145 e. The Morgan fingerprint density at radius 3 is 2.74 bits per heavy atom. The van der Waals surface area contributed by atoms with Crippen molar-refractivity contribution in [2.45, 2.75) is 0 Å². The van der Waals surface area contributed by atoms with Gasteiger partial charge in [-0.25, -0.2) is 9.97 Å². The van der Waals surface area contributed by atoms with E-state index in [1.54, 1.807) is 23.7 Å². The van der Waals surface area contributed by atoms with Gasteiger partial charge in [0.25, 0.3) is 0 Å². The minimum atomic E-state index is 0.792. The number of aromatic nitrogens is 4. The molecule has 108 valence electrons. The molecule has 0 N–H and O–H groups in total. The van der Waals surface area contributed by atoms with Crippen LogP contribution in [0.4, 0.5) is 0 Å². The molecule has 23 heavy (non-hydrogen) atoms. The second-order valence-electron chi connectivity index (χ2n) is 5.24. The SMILES string of the molecule is c1ccc2c(-c3cnc4c(n3)sc3cccnc34)nccc2c1. The summed E-state index contributed by atoms with van der Waals surface area (Å²) in [6.45, 7) is 0. The van der Waals surface area contributed by atoms with Crippen LogP contribution in [0.25, 0.3) is 42.7 Å². The summed E-state index contributed by atoms with van der Waals surface area (Å²) in [7, 11) is 0. The van der Waals surface area contributed by atoms with E-state index in [-0.39, 0.29) is 0 Å². The number of hydrogen-bond acceptors (Lipinski definition) is 5. The van der Waals surface area contributed by atoms with E-state index >= 15 is 0 Å². The summed E-state index contributed by atoms with van der Waals surface area (Å²) in [5, 5.41) is 2.24. The highest BCUT2D eigenvalue weighted by molar-refractivity contribution is 7.25. The first-order chi connectivity index (χ1) is 11.4. The highest BCUT2D eigenvalue weighted by atomic mass is 32.1. The molecule has 5 aromatic rings. The Bertz CT molecular complexity index is 1170. The van der Waals surface area contributed by atoms with Gasteiger partial charge in [0, 0.05) is 17.8 Å². The number of hydrogen-bond donors (Lipinski definition) is 0. The Morgan fingerprint density at radius 2 is 1.74 bits per heavy atom. The normalized spacial score (nSPS) is 11.5. The molecule has 0 radical (unpaired) electrons. The molecule has 0 amide bonds. The molecule has 0 unspecified atom stereocenters. The van der Waals surface area contributed by atoms with E-state index in [1.807, 2.05) is 36.5 Å². The molecule has 0 fully saturated rings. The molecule has 0 aliphatic carbocycles. The van der Waals surface area contributed by atoms with Gasteiger partial charge in [-0.2, -0.15) is 0 Å². The van der Waals surface area contributed by atoms with Crippen molar-refractivity contribution in [3.05, 3.63) is 61.1 Å². The van der Waals surface area contributed by atoms with Gasteiger partial charge in [-0.05, 0) is 23.6 Å². The van der Waals surface area contributed by atoms with Crippen molar-refractivity contribution in [2.24, 2.45) is 0 Å². The van der Waals surface area contributed by atoms with Crippen LogP contribution in [-0.2, 0) is 0 Å². The van der Waals surface area contributed by atoms with Crippen LogP contribution in [0.15, 0.2) is 61.1 Å². The third-order valence-electron chi connectivity index (χ3n) is 3.86. The Hall–Kier alpha value is -2.92. The zero-order valence-corrected chi connectivity index (χ0v) is 12.8. The van der Waals surface area contributed by atoms with Crippen molar-refractivity contribution in [1.29, 1.82) is 0 Å². The van der Waals surface area contributed by atoms with Crippen LogP contribution in [0.2, 0.25) is 0 Å². The summed E-state index contributed by atoms with van der Waals surface area (Å²) in [5.74, 6) is 0. The highest BCUT2D eigenvalue weighted by Gasteiger charge is 2.12. The van der Waals surface area contributed by atoms with E-state index in [4.69, 9.17) is 4.98 Å². The van der Waals surface area contributed by atoms with Crippen LogP contribution >= 0.6 is 11.3 Å². The molecular weight excluding hydrogens is 304 g/mol. The maximum absolute atomic E-state index is 4.79. The Balaban J connectivity index is 1.81. The summed E-state index contributed by atoms with van der Waals surface area (Å²) in [5.41, 5.74) is 3.43. The third kappa shape index (κ3) is 1.90. The van der Waals surface area contributed by atoms with Gasteiger partial charge in [-0.3, -0.25) is 9.97 Å². The molecule has 0 saturated carbocycles. The molecule has 4 heterocycles. The van der Waals surface area contributed by atoms with E-state index < -0.39 is 0 Å². The molecule has 4 nitrogen and oxygen atoms in total. The predicted octanol–water partition coefficient (Wildman–Crippen LogP) is 4.45. The Morgan fingerprint density at radius 1 is 0.783 bits per heavy atom. The molecule has 5 heteroatoms. The van der Waals surface area contributed by atoms with Gasteiger partial charge in [-0.15, -0.1) is 11.3 Å². The van der Waals surface area contributed by atoms with Crippen molar-refractivity contribution in [3.63, 3.8) is 0 Å². The molecule has 0 spiro atoms. The summed E-state index contributed by atoms with van der Waals surface area (Å²) >= 11 is 1.61. The monoisotopic (exact) mass is 314 g/mol. The first-order valence-electron chi connectivity index (χ1n) is 7.24. The van der Waals surface area contributed by atoms with Crippen LogP contribution in [0.5, 0.6) is 0 Å². The lowest BCUT2D eigenvalue weighted by Crippen LogP contribution is -1.90. The summed E-state index contributed by atoms with van der Waals surface area (Å²) < 4.78 is 1.10. The summed E-state index contributed by atoms with van der Waals surface area (Å²) in [6.07, 6.45) is 5.39. The van der Waals surface area contributed by atoms with Gasteiger partial charge in [0.15, 0.2) is 0 Å². The van der Waals surface area contributed by atoms with Crippen LogP contribution in [0.1, 0.15) is 0 Å². The highest BCUT2D eigenvalue weighted by Crippen LogP contribution is 2.32. The fourth-order valence-corrected chi connectivity index (χ4v) is 3.79. The number of pyridine rings is 2. The molecule has 5 rings (SSSR count). The number of fused-ring (bicyclic) bond motifs is 4. The lowest BCUT2D eigenvalue weighted by molar-refractivity contribution is 1.26. The van der Waals surface area contributed by atoms with E-state index in [0.717, 1.165) is 42.7 Å². The van der Waals surface area contributed by atoms with Gasteiger partial charge in [0.1, 0.15) is 21.6 Å². The average Bonchev–Trinajstić information content (AvgIpc) is 2.99. The number of nitrogens with zero attached hydrogens (tertiary/aromatic N) is 4. The lowest BCUT2D eigenvalue weighted by Gasteiger charge is -2.04. The van der Waals surface area contributed by atoms with Gasteiger partial charge in [0.2, 0.25) is 0 Å². The predicted molar refractivity (Wildman–Crippen MR) is 93.5 cm³/mol. The van der Waals surface area contributed by atoms with Crippen LogP contribution in [0.3, 0.4) is 0 Å². The largest absolute Gasteiger partial charge is 0.254 e. The van der Waals surface area contributed by atoms with E-state index in [2.05, 4.69) is 27.1 Å². The van der Waals surface area contributed by atoms with Crippen molar-refractivity contribution >= 4 is 42.7 Å². The quantitative estimate of drug-likeness (QED) is 0.458. The van der Waals surface area contributed by atoms with Crippen LogP contribution < -0.4 is 0 Å². The second-order valence-corrected chi connectivity index (χ2v) is 6.27. The first kappa shape index (κ1) is 12.6. The number of rotatable bonds is 1. The summed E-state index contributed by atoms with van der Waals surface area (Å²) in [6, 6.07) is 14.2. The summed E-state index contributed by atoms with van der Waals surface area (Å²) in [4.78, 5) is 19.2. The van der Waals surface area contributed by atoms with Crippen molar-refractivity contribution in [1.82, 2.24) is 19.9 Å². The molecule has 0 saturated heterocycles. The molecule has 0 aliphatic heterocycles. The van der Waals surface area contributed by atoms with Crippen LogP contribution in [0, 0.1) is 0 Å². The molecule has 1 aromatic carbocycles. The fourth-order valence-electron chi connectivity index (χ4n) is 2.80. The van der Waals surface area contributed by atoms with E-state index in [1.165, 1.54) is 0 Å². The second kappa shape index (κ2) is 4.79. The number of benzene rings is 1. The Labute approximate surface area is 135 Å². The van der Waals surface area contributed by atoms with E-state index in [0.29, 0.717) is 0 Å². The maximum Gasteiger partial charge on any atom is 0.145 e. The van der Waals surface area contributed by atoms with Crippen molar-refractivity contribution in [2.75, 3.05) is 0 Å². The zero-order valence-electron chi connectivity index (χ0n) is 12.0. The van der Waals surface area contributed by atoms with Crippen LogP contribution in [-0.4, -0.2) is 19.9 Å². The van der Waals surface area contributed by atoms with Gasteiger partial charge in [-0.1, -0.05) is 24.3 Å².